The second kappa shape index (κ2) is 5.48. The summed E-state index contributed by atoms with van der Waals surface area (Å²) in [4.78, 5) is 0. The Balaban J connectivity index is 2.15. The Labute approximate surface area is 119 Å². The first-order valence-electron chi connectivity index (χ1n) is 7.02. The molecule has 1 aromatic rings. The summed E-state index contributed by atoms with van der Waals surface area (Å²) in [7, 11) is 0. The van der Waals surface area contributed by atoms with Gasteiger partial charge in [-0.05, 0) is 12.8 Å². The zero-order chi connectivity index (χ0) is 14.9. The number of nitrogens with one attached hydrogen (secondary N) is 1. The molecule has 1 aliphatic carbocycles. The van der Waals surface area contributed by atoms with E-state index in [1.165, 1.54) is 6.07 Å². The average Bonchev–Trinajstić information content (AvgIpc) is 2.39. The SMILES string of the molecule is CCCOc1cc(NC2CC(O)C2(C)C)c(N)cc1F. The van der Waals surface area contributed by atoms with E-state index in [1.54, 1.807) is 6.07 Å². The number of hydrogen-bond acceptors (Lipinski definition) is 4. The number of ether oxygens (including phenoxy) is 1. The predicted octanol–water partition coefficient (Wildman–Crippen LogP) is 2.77. The molecule has 1 aromatic carbocycles. The Morgan fingerprint density at radius 2 is 2.20 bits per heavy atom. The van der Waals surface area contributed by atoms with Crippen molar-refractivity contribution in [2.45, 2.75) is 45.8 Å². The molecule has 2 unspecified atom stereocenters. The van der Waals surface area contributed by atoms with Gasteiger partial charge < -0.3 is 20.9 Å². The number of benzene rings is 1. The fraction of sp³-hybridized carbons (Fsp3) is 0.600. The van der Waals surface area contributed by atoms with Gasteiger partial charge in [-0.3, -0.25) is 0 Å². The number of halogens is 1. The highest BCUT2D eigenvalue weighted by Crippen LogP contribution is 2.43. The molecule has 4 N–H and O–H groups in total. The van der Waals surface area contributed by atoms with Crippen molar-refractivity contribution in [3.63, 3.8) is 0 Å². The highest BCUT2D eigenvalue weighted by atomic mass is 19.1. The van der Waals surface area contributed by atoms with Crippen molar-refractivity contribution in [1.82, 2.24) is 0 Å². The number of nitrogens with two attached hydrogens (primary N) is 1. The summed E-state index contributed by atoms with van der Waals surface area (Å²) < 4.78 is 19.1. The summed E-state index contributed by atoms with van der Waals surface area (Å²) >= 11 is 0. The number of anilines is 2. The van der Waals surface area contributed by atoms with Crippen molar-refractivity contribution >= 4 is 11.4 Å². The van der Waals surface area contributed by atoms with Crippen molar-refractivity contribution in [2.75, 3.05) is 17.7 Å². The van der Waals surface area contributed by atoms with Gasteiger partial charge in [-0.2, -0.15) is 0 Å². The Bertz CT molecular complexity index is 491. The largest absolute Gasteiger partial charge is 0.490 e. The molecule has 0 bridgehead atoms. The number of rotatable bonds is 5. The van der Waals surface area contributed by atoms with E-state index in [-0.39, 0.29) is 23.3 Å². The highest BCUT2D eigenvalue weighted by molar-refractivity contribution is 5.69. The van der Waals surface area contributed by atoms with Gasteiger partial charge in [0.05, 0.1) is 24.1 Å². The maximum atomic E-state index is 13.7. The maximum Gasteiger partial charge on any atom is 0.167 e. The molecule has 5 heteroatoms. The molecule has 0 aliphatic heterocycles. The minimum absolute atomic E-state index is 0.115. The van der Waals surface area contributed by atoms with Crippen LogP contribution in [-0.4, -0.2) is 23.9 Å². The molecule has 0 heterocycles. The van der Waals surface area contributed by atoms with Gasteiger partial charge in [0.2, 0.25) is 0 Å². The van der Waals surface area contributed by atoms with Crippen molar-refractivity contribution in [2.24, 2.45) is 5.41 Å². The topological polar surface area (TPSA) is 67.5 Å². The standard InChI is InChI=1S/C15H23FN2O2/c1-4-5-20-12-7-11(10(17)6-9(12)16)18-13-8-14(19)15(13,2)3/h6-7,13-14,18-19H,4-5,8,17H2,1-3H3. The first-order chi connectivity index (χ1) is 9.36. The van der Waals surface area contributed by atoms with Crippen molar-refractivity contribution in [3.05, 3.63) is 17.9 Å². The summed E-state index contributed by atoms with van der Waals surface area (Å²) in [5.41, 5.74) is 6.64. The molecule has 0 spiro atoms. The lowest BCUT2D eigenvalue weighted by Gasteiger charge is -2.50. The number of hydrogen-bond donors (Lipinski definition) is 3. The second-order valence-corrected chi connectivity index (χ2v) is 5.99. The first kappa shape index (κ1) is 14.9. The van der Waals surface area contributed by atoms with Crippen molar-refractivity contribution in [3.8, 4) is 5.75 Å². The van der Waals surface area contributed by atoms with Gasteiger partial charge in [-0.25, -0.2) is 4.39 Å². The van der Waals surface area contributed by atoms with E-state index in [4.69, 9.17) is 10.5 Å². The van der Waals surface area contributed by atoms with Gasteiger partial charge in [0, 0.05) is 23.6 Å². The third kappa shape index (κ3) is 2.68. The fourth-order valence-corrected chi connectivity index (χ4v) is 2.35. The zero-order valence-corrected chi connectivity index (χ0v) is 12.2. The zero-order valence-electron chi connectivity index (χ0n) is 12.2. The molecule has 1 fully saturated rings. The van der Waals surface area contributed by atoms with Crippen LogP contribution in [0.4, 0.5) is 15.8 Å². The van der Waals surface area contributed by atoms with Crippen molar-refractivity contribution in [1.29, 1.82) is 0 Å². The van der Waals surface area contributed by atoms with E-state index in [0.29, 0.717) is 24.4 Å². The lowest BCUT2D eigenvalue weighted by Crippen LogP contribution is -2.56. The number of aliphatic hydroxyl groups is 1. The Morgan fingerprint density at radius 3 is 2.75 bits per heavy atom. The second-order valence-electron chi connectivity index (χ2n) is 5.99. The molecule has 4 nitrogen and oxygen atoms in total. The molecule has 0 saturated heterocycles. The molecular formula is C15H23FN2O2. The molecule has 112 valence electrons. The fourth-order valence-electron chi connectivity index (χ4n) is 2.35. The summed E-state index contributed by atoms with van der Waals surface area (Å²) in [5, 5.41) is 13.0. The normalized spacial score (nSPS) is 24.1. The van der Waals surface area contributed by atoms with Crippen LogP contribution in [0.5, 0.6) is 5.75 Å². The smallest absolute Gasteiger partial charge is 0.167 e. The van der Waals surface area contributed by atoms with Gasteiger partial charge in [-0.15, -0.1) is 0 Å². The molecule has 1 saturated carbocycles. The third-order valence-corrected chi connectivity index (χ3v) is 4.11. The predicted molar refractivity (Wildman–Crippen MR) is 78.4 cm³/mol. The Kier molecular flexibility index (Phi) is 4.09. The van der Waals surface area contributed by atoms with Crippen LogP contribution in [0.2, 0.25) is 0 Å². The molecular weight excluding hydrogens is 259 g/mol. The maximum absolute atomic E-state index is 13.7. The van der Waals surface area contributed by atoms with E-state index in [2.05, 4.69) is 5.32 Å². The minimum atomic E-state index is -0.450. The highest BCUT2D eigenvalue weighted by Gasteiger charge is 2.47. The van der Waals surface area contributed by atoms with Gasteiger partial charge in [0.1, 0.15) is 0 Å². The van der Waals surface area contributed by atoms with Crippen LogP contribution in [-0.2, 0) is 0 Å². The van der Waals surface area contributed by atoms with E-state index >= 15 is 0 Å². The monoisotopic (exact) mass is 282 g/mol. The van der Waals surface area contributed by atoms with E-state index < -0.39 is 5.82 Å². The van der Waals surface area contributed by atoms with Crippen LogP contribution in [0.3, 0.4) is 0 Å². The molecule has 2 atom stereocenters. The van der Waals surface area contributed by atoms with Crippen LogP contribution >= 0.6 is 0 Å². The van der Waals surface area contributed by atoms with Crippen molar-refractivity contribution < 1.29 is 14.2 Å². The van der Waals surface area contributed by atoms with Crippen LogP contribution in [0.1, 0.15) is 33.6 Å². The van der Waals surface area contributed by atoms with E-state index in [9.17, 15) is 9.50 Å². The lowest BCUT2D eigenvalue weighted by atomic mass is 9.64. The number of nitrogen functional groups attached to an aromatic ring is 1. The van der Waals surface area contributed by atoms with Gasteiger partial charge in [-0.1, -0.05) is 20.8 Å². The minimum Gasteiger partial charge on any atom is -0.490 e. The van der Waals surface area contributed by atoms with Crippen LogP contribution < -0.4 is 15.8 Å². The lowest BCUT2D eigenvalue weighted by molar-refractivity contribution is -0.0510. The molecule has 0 amide bonds. The Hall–Kier alpha value is -1.49. The average molecular weight is 282 g/mol. The third-order valence-electron chi connectivity index (χ3n) is 4.11. The first-order valence-corrected chi connectivity index (χ1v) is 7.02. The molecule has 0 aromatic heterocycles. The molecule has 1 aliphatic rings. The Morgan fingerprint density at radius 1 is 1.50 bits per heavy atom. The summed E-state index contributed by atoms with van der Waals surface area (Å²) in [6.07, 6.45) is 1.15. The summed E-state index contributed by atoms with van der Waals surface area (Å²) in [6, 6.07) is 2.99. The van der Waals surface area contributed by atoms with Gasteiger partial charge in [0.15, 0.2) is 11.6 Å². The number of aliphatic hydroxyl groups excluding tert-OH is 1. The van der Waals surface area contributed by atoms with Crippen LogP contribution in [0, 0.1) is 11.2 Å². The quantitative estimate of drug-likeness (QED) is 0.726. The van der Waals surface area contributed by atoms with Crippen LogP contribution in [0.25, 0.3) is 0 Å². The van der Waals surface area contributed by atoms with Gasteiger partial charge >= 0.3 is 0 Å². The van der Waals surface area contributed by atoms with Crippen LogP contribution in [0.15, 0.2) is 12.1 Å². The molecule has 0 radical (unpaired) electrons. The van der Waals surface area contributed by atoms with E-state index in [0.717, 1.165) is 6.42 Å². The van der Waals surface area contributed by atoms with Gasteiger partial charge in [0.25, 0.3) is 0 Å². The summed E-state index contributed by atoms with van der Waals surface area (Å²) in [6.45, 7) is 6.42. The molecule has 20 heavy (non-hydrogen) atoms. The molecule has 2 rings (SSSR count). The summed E-state index contributed by atoms with van der Waals surface area (Å²) in [5.74, 6) is -0.240. The van der Waals surface area contributed by atoms with E-state index in [1.807, 2.05) is 20.8 Å².